The number of primary amides is 1. The highest BCUT2D eigenvalue weighted by atomic mass is 16.2. The zero-order valence-electron chi connectivity index (χ0n) is 11.3. The highest BCUT2D eigenvalue weighted by molar-refractivity contribution is 5.92. The van der Waals surface area contributed by atoms with Gasteiger partial charge in [0.1, 0.15) is 5.82 Å². The Balaban J connectivity index is 2.33. The molecule has 19 heavy (non-hydrogen) atoms. The van der Waals surface area contributed by atoms with Crippen molar-refractivity contribution >= 4 is 17.6 Å². The lowest BCUT2D eigenvalue weighted by Crippen LogP contribution is -2.33. The molecule has 1 heterocycles. The van der Waals surface area contributed by atoms with Crippen molar-refractivity contribution in [2.45, 2.75) is 32.7 Å². The maximum Gasteiger partial charge on any atom is 0.250 e. The molecular weight excluding hydrogens is 244 g/mol. The van der Waals surface area contributed by atoms with Crippen LogP contribution >= 0.6 is 0 Å². The number of carbonyl (C=O) groups is 2. The minimum atomic E-state index is -0.507. The first-order chi connectivity index (χ1) is 9.02. The van der Waals surface area contributed by atoms with E-state index < -0.39 is 5.91 Å². The summed E-state index contributed by atoms with van der Waals surface area (Å²) in [5.41, 5.74) is 5.47. The summed E-state index contributed by atoms with van der Waals surface area (Å²) < 4.78 is 0. The van der Waals surface area contributed by atoms with Crippen molar-refractivity contribution in [1.29, 1.82) is 0 Å². The summed E-state index contributed by atoms with van der Waals surface area (Å²) in [6.45, 7) is 4.48. The second-order valence-corrected chi connectivity index (χ2v) is 4.35. The average molecular weight is 264 g/mol. The molecule has 2 amide bonds. The second-order valence-electron chi connectivity index (χ2n) is 4.35. The van der Waals surface area contributed by atoms with Gasteiger partial charge in [0.05, 0.1) is 5.56 Å². The molecular formula is C13H20N4O2. The number of aromatic nitrogens is 1. The van der Waals surface area contributed by atoms with Gasteiger partial charge in [-0.25, -0.2) is 4.98 Å². The Bertz CT molecular complexity index is 431. The van der Waals surface area contributed by atoms with Crippen LogP contribution in [-0.2, 0) is 4.79 Å². The molecule has 0 aliphatic heterocycles. The van der Waals surface area contributed by atoms with Crippen LogP contribution in [0.3, 0.4) is 0 Å². The van der Waals surface area contributed by atoms with Crippen molar-refractivity contribution in [3.05, 3.63) is 23.9 Å². The van der Waals surface area contributed by atoms with Crippen LogP contribution in [0.4, 0.5) is 5.82 Å². The summed E-state index contributed by atoms with van der Waals surface area (Å²) in [5, 5.41) is 5.89. The lowest BCUT2D eigenvalue weighted by Gasteiger charge is -2.11. The number of pyridine rings is 1. The van der Waals surface area contributed by atoms with Crippen LogP contribution in [-0.4, -0.2) is 29.4 Å². The SMILES string of the molecule is CCC(C)NC(=O)CCNc1ccc(C(N)=O)cn1. The van der Waals surface area contributed by atoms with E-state index in [1.165, 1.54) is 6.20 Å². The van der Waals surface area contributed by atoms with Gasteiger partial charge in [-0.05, 0) is 25.5 Å². The summed E-state index contributed by atoms with van der Waals surface area (Å²) in [5.74, 6) is 0.115. The van der Waals surface area contributed by atoms with E-state index in [2.05, 4.69) is 15.6 Å². The molecule has 104 valence electrons. The first kappa shape index (κ1) is 14.9. The number of hydrogen-bond donors (Lipinski definition) is 3. The fourth-order valence-corrected chi connectivity index (χ4v) is 1.40. The molecule has 0 aliphatic rings. The quantitative estimate of drug-likeness (QED) is 0.681. The van der Waals surface area contributed by atoms with E-state index in [1.807, 2.05) is 13.8 Å². The molecule has 1 rings (SSSR count). The molecule has 1 aromatic heterocycles. The van der Waals surface area contributed by atoms with Crippen LogP contribution in [0.5, 0.6) is 0 Å². The molecule has 0 aliphatic carbocycles. The van der Waals surface area contributed by atoms with Gasteiger partial charge in [-0.3, -0.25) is 9.59 Å². The Morgan fingerprint density at radius 3 is 2.68 bits per heavy atom. The molecule has 1 aromatic rings. The molecule has 6 nitrogen and oxygen atoms in total. The summed E-state index contributed by atoms with van der Waals surface area (Å²) in [4.78, 5) is 26.4. The zero-order valence-corrected chi connectivity index (χ0v) is 11.3. The fraction of sp³-hybridized carbons (Fsp3) is 0.462. The monoisotopic (exact) mass is 264 g/mol. The standard InChI is InChI=1S/C13H20N4O2/c1-3-9(2)17-12(18)6-7-15-11-5-4-10(8-16-11)13(14)19/h4-5,8-9H,3,6-7H2,1-2H3,(H2,14,19)(H,15,16)(H,17,18). The van der Waals surface area contributed by atoms with Crippen LogP contribution in [0.15, 0.2) is 18.3 Å². The first-order valence-electron chi connectivity index (χ1n) is 6.32. The van der Waals surface area contributed by atoms with E-state index in [0.29, 0.717) is 24.3 Å². The molecule has 6 heteroatoms. The van der Waals surface area contributed by atoms with Gasteiger partial charge in [0, 0.05) is 25.2 Å². The van der Waals surface area contributed by atoms with Crippen LogP contribution < -0.4 is 16.4 Å². The highest BCUT2D eigenvalue weighted by Gasteiger charge is 2.05. The molecule has 0 saturated carbocycles. The molecule has 1 atom stereocenters. The predicted octanol–water partition coefficient (Wildman–Crippen LogP) is 0.897. The third-order valence-corrected chi connectivity index (χ3v) is 2.73. The van der Waals surface area contributed by atoms with Gasteiger partial charge in [-0.2, -0.15) is 0 Å². The van der Waals surface area contributed by atoms with Crippen LogP contribution in [0, 0.1) is 0 Å². The van der Waals surface area contributed by atoms with Gasteiger partial charge in [0.2, 0.25) is 11.8 Å². The van der Waals surface area contributed by atoms with Crippen molar-refractivity contribution in [2.24, 2.45) is 5.73 Å². The first-order valence-corrected chi connectivity index (χ1v) is 6.32. The highest BCUT2D eigenvalue weighted by Crippen LogP contribution is 2.04. The Hall–Kier alpha value is -2.11. The van der Waals surface area contributed by atoms with Gasteiger partial charge in [0.25, 0.3) is 0 Å². The average Bonchev–Trinajstić information content (AvgIpc) is 2.39. The van der Waals surface area contributed by atoms with E-state index in [9.17, 15) is 9.59 Å². The number of rotatable bonds is 7. The predicted molar refractivity (Wildman–Crippen MR) is 73.8 cm³/mol. The number of nitrogens with one attached hydrogen (secondary N) is 2. The second kappa shape index (κ2) is 7.35. The van der Waals surface area contributed by atoms with E-state index in [4.69, 9.17) is 5.73 Å². The minimum Gasteiger partial charge on any atom is -0.370 e. The fourth-order valence-electron chi connectivity index (χ4n) is 1.40. The topological polar surface area (TPSA) is 97.1 Å². The van der Waals surface area contributed by atoms with Crippen LogP contribution in [0.1, 0.15) is 37.0 Å². The van der Waals surface area contributed by atoms with E-state index in [0.717, 1.165) is 6.42 Å². The Morgan fingerprint density at radius 2 is 2.16 bits per heavy atom. The minimum absolute atomic E-state index is 0.00982. The van der Waals surface area contributed by atoms with E-state index in [-0.39, 0.29) is 11.9 Å². The smallest absolute Gasteiger partial charge is 0.250 e. The van der Waals surface area contributed by atoms with Crippen LogP contribution in [0.2, 0.25) is 0 Å². The normalized spacial score (nSPS) is 11.7. The largest absolute Gasteiger partial charge is 0.370 e. The van der Waals surface area contributed by atoms with Gasteiger partial charge < -0.3 is 16.4 Å². The third-order valence-electron chi connectivity index (χ3n) is 2.73. The van der Waals surface area contributed by atoms with Gasteiger partial charge >= 0.3 is 0 Å². The number of anilines is 1. The summed E-state index contributed by atoms with van der Waals surface area (Å²) in [7, 11) is 0. The number of hydrogen-bond acceptors (Lipinski definition) is 4. The van der Waals surface area contributed by atoms with Crippen LogP contribution in [0.25, 0.3) is 0 Å². The number of carbonyl (C=O) groups excluding carboxylic acids is 2. The summed E-state index contributed by atoms with van der Waals surface area (Å²) in [6, 6.07) is 3.45. The lowest BCUT2D eigenvalue weighted by atomic mass is 10.2. The number of nitrogens with zero attached hydrogens (tertiary/aromatic N) is 1. The maximum atomic E-state index is 11.5. The molecule has 0 spiro atoms. The van der Waals surface area contributed by atoms with Gasteiger partial charge in [-0.15, -0.1) is 0 Å². The Labute approximate surface area is 112 Å². The zero-order chi connectivity index (χ0) is 14.3. The summed E-state index contributed by atoms with van der Waals surface area (Å²) in [6.07, 6.45) is 2.70. The van der Waals surface area contributed by atoms with Gasteiger partial charge in [-0.1, -0.05) is 6.92 Å². The summed E-state index contributed by atoms with van der Waals surface area (Å²) >= 11 is 0. The molecule has 0 saturated heterocycles. The third kappa shape index (κ3) is 5.37. The molecule has 0 aromatic carbocycles. The lowest BCUT2D eigenvalue weighted by molar-refractivity contribution is -0.121. The van der Waals surface area contributed by atoms with Crippen molar-refractivity contribution in [3.8, 4) is 0 Å². The Kier molecular flexibility index (Phi) is 5.78. The van der Waals surface area contributed by atoms with E-state index >= 15 is 0 Å². The van der Waals surface area contributed by atoms with Crippen molar-refractivity contribution in [3.63, 3.8) is 0 Å². The van der Waals surface area contributed by atoms with Crippen molar-refractivity contribution in [1.82, 2.24) is 10.3 Å². The van der Waals surface area contributed by atoms with E-state index in [1.54, 1.807) is 12.1 Å². The molecule has 0 fully saturated rings. The van der Waals surface area contributed by atoms with Crippen molar-refractivity contribution < 1.29 is 9.59 Å². The number of nitrogens with two attached hydrogens (primary N) is 1. The van der Waals surface area contributed by atoms with Crippen molar-refractivity contribution in [2.75, 3.05) is 11.9 Å². The molecule has 0 radical (unpaired) electrons. The molecule has 1 unspecified atom stereocenters. The maximum absolute atomic E-state index is 11.5. The van der Waals surface area contributed by atoms with Gasteiger partial charge in [0.15, 0.2) is 0 Å². The number of amides is 2. The molecule has 0 bridgehead atoms. The Morgan fingerprint density at radius 1 is 1.42 bits per heavy atom. The molecule has 4 N–H and O–H groups in total.